The lowest BCUT2D eigenvalue weighted by Crippen LogP contribution is -2.24. The van der Waals surface area contributed by atoms with Crippen LogP contribution in [0.1, 0.15) is 38.8 Å². The molecule has 0 aliphatic rings. The molecule has 0 saturated carbocycles. The van der Waals surface area contributed by atoms with Crippen LogP contribution in [0.4, 0.5) is 11.8 Å². The lowest BCUT2D eigenvalue weighted by Gasteiger charge is -2.16. The molecule has 8 heteroatoms. The number of aromatic nitrogens is 5. The summed E-state index contributed by atoms with van der Waals surface area (Å²) in [6.07, 6.45) is 6.20. The van der Waals surface area contributed by atoms with E-state index in [1.165, 1.54) is 0 Å². The second-order valence-corrected chi connectivity index (χ2v) is 8.04. The number of imidazole rings is 1. The molecule has 1 atom stereocenters. The van der Waals surface area contributed by atoms with Crippen molar-refractivity contribution in [1.29, 1.82) is 0 Å². The summed E-state index contributed by atoms with van der Waals surface area (Å²) in [5.74, 6) is 1.14. The van der Waals surface area contributed by atoms with Crippen molar-refractivity contribution in [2.45, 2.75) is 45.8 Å². The van der Waals surface area contributed by atoms with Crippen molar-refractivity contribution in [3.63, 3.8) is 0 Å². The van der Waals surface area contributed by atoms with E-state index in [0.29, 0.717) is 18.3 Å². The Morgan fingerprint density at radius 3 is 2.66 bits per heavy atom. The van der Waals surface area contributed by atoms with E-state index in [-0.39, 0.29) is 18.7 Å². The fraction of sp³-hybridized carbons (Fsp3) is 0.333. The van der Waals surface area contributed by atoms with E-state index in [4.69, 9.17) is 0 Å². The van der Waals surface area contributed by atoms with Crippen molar-refractivity contribution in [1.82, 2.24) is 24.5 Å². The van der Waals surface area contributed by atoms with Gasteiger partial charge in [0.25, 0.3) is 0 Å². The average Bonchev–Trinajstić information content (AvgIpc) is 3.26. The molecule has 1 aromatic carbocycles. The van der Waals surface area contributed by atoms with Crippen molar-refractivity contribution in [3.05, 3.63) is 60.7 Å². The number of benzene rings is 1. The average molecular weight is 432 g/mol. The number of pyridine rings is 1. The summed E-state index contributed by atoms with van der Waals surface area (Å²) >= 11 is 0. The quantitative estimate of drug-likeness (QED) is 0.364. The van der Waals surface area contributed by atoms with E-state index in [1.807, 2.05) is 29.8 Å². The summed E-state index contributed by atoms with van der Waals surface area (Å²) in [6.45, 7) is 6.81. The van der Waals surface area contributed by atoms with E-state index < -0.39 is 0 Å². The number of hydrogen-bond donors (Lipinski definition) is 3. The zero-order chi connectivity index (χ0) is 22.5. The lowest BCUT2D eigenvalue weighted by atomic mass is 10.0. The number of aliphatic hydroxyl groups is 1. The van der Waals surface area contributed by atoms with Gasteiger partial charge in [0.1, 0.15) is 0 Å². The molecule has 0 spiro atoms. The van der Waals surface area contributed by atoms with Crippen molar-refractivity contribution in [2.24, 2.45) is 0 Å². The van der Waals surface area contributed by atoms with Crippen molar-refractivity contribution < 1.29 is 5.11 Å². The van der Waals surface area contributed by atoms with Crippen LogP contribution in [0.3, 0.4) is 0 Å². The normalized spacial score (nSPS) is 12.3. The predicted octanol–water partition coefficient (Wildman–Crippen LogP) is 4.26. The third kappa shape index (κ3) is 4.70. The van der Waals surface area contributed by atoms with Crippen LogP contribution in [0.2, 0.25) is 0 Å². The first-order valence-electron chi connectivity index (χ1n) is 10.9. The standard InChI is InChI=1S/C24H29N7O/c1-4-20(14-32)28-24-29-22(21-23(30-24)31(15-27-21)16(2)3)26-12-17-7-5-8-18(11-17)19-9-6-10-25-13-19/h5-11,13,15-16,20,32H,4,12,14H2,1-3H3,(H2,26,28,29,30)/t20-/m1/s1. The molecule has 0 aliphatic heterocycles. The zero-order valence-corrected chi connectivity index (χ0v) is 18.7. The maximum Gasteiger partial charge on any atom is 0.227 e. The number of anilines is 2. The molecule has 8 nitrogen and oxygen atoms in total. The molecule has 3 N–H and O–H groups in total. The van der Waals surface area contributed by atoms with Crippen molar-refractivity contribution >= 4 is 22.9 Å². The highest BCUT2D eigenvalue weighted by Crippen LogP contribution is 2.25. The van der Waals surface area contributed by atoms with Gasteiger partial charge < -0.3 is 20.3 Å². The molecule has 4 rings (SSSR count). The fourth-order valence-electron chi connectivity index (χ4n) is 3.52. The molecule has 0 fully saturated rings. The minimum atomic E-state index is -0.105. The minimum absolute atomic E-state index is 0.0191. The number of hydrogen-bond acceptors (Lipinski definition) is 7. The van der Waals surface area contributed by atoms with Gasteiger partial charge in [0, 0.05) is 25.0 Å². The Kier molecular flexibility index (Phi) is 6.61. The van der Waals surface area contributed by atoms with Gasteiger partial charge in [-0.15, -0.1) is 0 Å². The van der Waals surface area contributed by atoms with E-state index in [0.717, 1.165) is 34.3 Å². The molecule has 3 aromatic heterocycles. The van der Waals surface area contributed by atoms with Crippen LogP contribution in [0.15, 0.2) is 55.1 Å². The van der Waals surface area contributed by atoms with Gasteiger partial charge in [-0.3, -0.25) is 4.98 Å². The third-order valence-corrected chi connectivity index (χ3v) is 5.41. The number of nitrogens with one attached hydrogen (secondary N) is 2. The van der Waals surface area contributed by atoms with Gasteiger partial charge in [0.05, 0.1) is 19.0 Å². The van der Waals surface area contributed by atoms with E-state index in [1.54, 1.807) is 12.5 Å². The highest BCUT2D eigenvalue weighted by Gasteiger charge is 2.16. The summed E-state index contributed by atoms with van der Waals surface area (Å²) < 4.78 is 2.02. The molecule has 4 aromatic rings. The lowest BCUT2D eigenvalue weighted by molar-refractivity contribution is 0.271. The molecule has 0 bridgehead atoms. The molecule has 166 valence electrons. The van der Waals surface area contributed by atoms with Crippen LogP contribution < -0.4 is 10.6 Å². The van der Waals surface area contributed by atoms with Gasteiger partial charge in [0.2, 0.25) is 5.95 Å². The Morgan fingerprint density at radius 1 is 1.09 bits per heavy atom. The summed E-state index contributed by atoms with van der Waals surface area (Å²) in [7, 11) is 0. The highest BCUT2D eigenvalue weighted by atomic mass is 16.3. The minimum Gasteiger partial charge on any atom is -0.394 e. The second-order valence-electron chi connectivity index (χ2n) is 8.04. The molecule has 0 amide bonds. The predicted molar refractivity (Wildman–Crippen MR) is 127 cm³/mol. The fourth-order valence-corrected chi connectivity index (χ4v) is 3.52. The van der Waals surface area contributed by atoms with Gasteiger partial charge >= 0.3 is 0 Å². The van der Waals surface area contributed by atoms with Crippen LogP contribution in [0.25, 0.3) is 22.3 Å². The largest absolute Gasteiger partial charge is 0.394 e. The number of fused-ring (bicyclic) bond motifs is 1. The maximum absolute atomic E-state index is 9.59. The number of rotatable bonds is 9. The summed E-state index contributed by atoms with van der Waals surface area (Å²) in [5.41, 5.74) is 4.81. The molecule has 0 aliphatic carbocycles. The van der Waals surface area contributed by atoms with Crippen LogP contribution >= 0.6 is 0 Å². The Labute approximate surface area is 187 Å². The number of nitrogens with zero attached hydrogens (tertiary/aromatic N) is 5. The van der Waals surface area contributed by atoms with Crippen LogP contribution in [-0.4, -0.2) is 42.3 Å². The summed E-state index contributed by atoms with van der Waals surface area (Å²) in [5, 5.41) is 16.3. The first kappa shape index (κ1) is 21.7. The Hall–Kier alpha value is -3.52. The second kappa shape index (κ2) is 9.74. The zero-order valence-electron chi connectivity index (χ0n) is 18.7. The van der Waals surface area contributed by atoms with Gasteiger partial charge in [0.15, 0.2) is 17.0 Å². The van der Waals surface area contributed by atoms with Crippen LogP contribution in [0, 0.1) is 0 Å². The molecular formula is C24H29N7O. The number of aliphatic hydroxyl groups excluding tert-OH is 1. The monoisotopic (exact) mass is 431 g/mol. The first-order valence-corrected chi connectivity index (χ1v) is 10.9. The molecule has 0 saturated heterocycles. The topological polar surface area (TPSA) is 101 Å². The molecule has 0 unspecified atom stereocenters. The first-order chi connectivity index (χ1) is 15.6. The van der Waals surface area contributed by atoms with Crippen molar-refractivity contribution in [3.8, 4) is 11.1 Å². The molecule has 3 heterocycles. The van der Waals surface area contributed by atoms with E-state index in [9.17, 15) is 5.11 Å². The van der Waals surface area contributed by atoms with E-state index >= 15 is 0 Å². The third-order valence-electron chi connectivity index (χ3n) is 5.41. The highest BCUT2D eigenvalue weighted by molar-refractivity contribution is 5.84. The molecule has 0 radical (unpaired) electrons. The van der Waals surface area contributed by atoms with Gasteiger partial charge in [-0.25, -0.2) is 4.98 Å². The van der Waals surface area contributed by atoms with E-state index in [2.05, 4.69) is 68.7 Å². The van der Waals surface area contributed by atoms with Crippen LogP contribution in [0.5, 0.6) is 0 Å². The molecular weight excluding hydrogens is 402 g/mol. The Balaban J connectivity index is 1.63. The van der Waals surface area contributed by atoms with Gasteiger partial charge in [-0.1, -0.05) is 31.2 Å². The Morgan fingerprint density at radius 2 is 1.94 bits per heavy atom. The summed E-state index contributed by atoms with van der Waals surface area (Å²) in [4.78, 5) is 18.1. The SMILES string of the molecule is CC[C@H](CO)Nc1nc(NCc2cccc(-c3cccnc3)c2)c2ncn(C(C)C)c2n1. The van der Waals surface area contributed by atoms with Crippen LogP contribution in [-0.2, 0) is 6.54 Å². The Bertz CT molecular complexity index is 1170. The molecule has 32 heavy (non-hydrogen) atoms. The van der Waals surface area contributed by atoms with Gasteiger partial charge in [-0.05, 0) is 49.1 Å². The summed E-state index contributed by atoms with van der Waals surface area (Å²) in [6, 6.07) is 12.4. The van der Waals surface area contributed by atoms with Crippen molar-refractivity contribution in [2.75, 3.05) is 17.2 Å². The smallest absolute Gasteiger partial charge is 0.227 e. The van der Waals surface area contributed by atoms with Gasteiger partial charge in [-0.2, -0.15) is 9.97 Å². The maximum atomic E-state index is 9.59.